The second-order valence-electron chi connectivity index (χ2n) is 4.97. The minimum absolute atomic E-state index is 0.305. The number of hydrogen-bond donors (Lipinski definition) is 1. The lowest BCUT2D eigenvalue weighted by Gasteiger charge is -2.09. The lowest BCUT2D eigenvalue weighted by Crippen LogP contribution is -2.19. The molecule has 0 atom stereocenters. The van der Waals surface area contributed by atoms with Crippen molar-refractivity contribution in [2.24, 2.45) is 5.10 Å². The van der Waals surface area contributed by atoms with Crippen molar-refractivity contribution in [2.45, 2.75) is 0 Å². The molecule has 6 heteroatoms. The van der Waals surface area contributed by atoms with Crippen molar-refractivity contribution in [1.82, 2.24) is 9.99 Å². The Labute approximate surface area is 149 Å². The minimum atomic E-state index is -0.305. The van der Waals surface area contributed by atoms with Crippen LogP contribution in [0.25, 0.3) is 5.69 Å². The molecule has 0 unspecified atom stereocenters. The van der Waals surface area contributed by atoms with Gasteiger partial charge in [-0.25, -0.2) is 5.43 Å². The lowest BCUT2D eigenvalue weighted by atomic mass is 10.1. The Bertz CT molecular complexity index is 889. The Morgan fingerprint density at radius 2 is 1.79 bits per heavy atom. The summed E-state index contributed by atoms with van der Waals surface area (Å²) in [6.45, 7) is 0. The van der Waals surface area contributed by atoms with E-state index >= 15 is 0 Å². The van der Waals surface area contributed by atoms with Crippen molar-refractivity contribution in [2.75, 3.05) is 0 Å². The Balaban J connectivity index is 1.78. The van der Waals surface area contributed by atoms with Gasteiger partial charge in [-0.2, -0.15) is 5.10 Å². The molecule has 24 heavy (non-hydrogen) atoms. The fourth-order valence-corrected chi connectivity index (χ4v) is 2.67. The Kier molecular flexibility index (Phi) is 4.99. The number of aromatic nitrogens is 1. The second kappa shape index (κ2) is 7.34. The zero-order chi connectivity index (χ0) is 16.9. The summed E-state index contributed by atoms with van der Waals surface area (Å²) in [7, 11) is 0. The van der Waals surface area contributed by atoms with Crippen LogP contribution in [0.15, 0.2) is 72.1 Å². The van der Waals surface area contributed by atoms with Crippen molar-refractivity contribution < 1.29 is 4.79 Å². The van der Waals surface area contributed by atoms with Crippen molar-refractivity contribution in [3.05, 3.63) is 88.2 Å². The molecule has 0 aliphatic rings. The largest absolute Gasteiger partial charge is 0.323 e. The van der Waals surface area contributed by atoms with Crippen molar-refractivity contribution in [3.63, 3.8) is 0 Å². The van der Waals surface area contributed by atoms with Gasteiger partial charge < -0.3 is 4.57 Å². The summed E-state index contributed by atoms with van der Waals surface area (Å²) >= 11 is 11.9. The molecule has 120 valence electrons. The molecule has 3 rings (SSSR count). The highest BCUT2D eigenvalue weighted by molar-refractivity contribution is 6.36. The monoisotopic (exact) mass is 357 g/mol. The molecule has 1 N–H and O–H groups in total. The SMILES string of the molecule is O=C(N/N=C\c1ccc(Cl)cc1Cl)c1ccccc1-n1cccc1. The first-order valence-corrected chi connectivity index (χ1v) is 7.91. The summed E-state index contributed by atoms with van der Waals surface area (Å²) in [5, 5.41) is 4.98. The number of carbonyl (C=O) groups excluding carboxylic acids is 1. The van der Waals surface area contributed by atoms with E-state index in [2.05, 4.69) is 10.5 Å². The molecule has 2 aromatic carbocycles. The topological polar surface area (TPSA) is 46.4 Å². The number of amides is 1. The first-order chi connectivity index (χ1) is 11.6. The van der Waals surface area contributed by atoms with Gasteiger partial charge in [-0.3, -0.25) is 4.79 Å². The van der Waals surface area contributed by atoms with E-state index in [1.165, 1.54) is 6.21 Å². The molecule has 0 aliphatic heterocycles. The number of hydrogen-bond acceptors (Lipinski definition) is 2. The van der Waals surface area contributed by atoms with Gasteiger partial charge in [-0.1, -0.05) is 41.4 Å². The molecule has 0 saturated heterocycles. The van der Waals surface area contributed by atoms with Gasteiger partial charge in [0.05, 0.1) is 22.5 Å². The van der Waals surface area contributed by atoms with Gasteiger partial charge in [-0.05, 0) is 36.4 Å². The van der Waals surface area contributed by atoms with Gasteiger partial charge in [0.15, 0.2) is 0 Å². The van der Waals surface area contributed by atoms with E-state index in [1.54, 1.807) is 24.3 Å². The summed E-state index contributed by atoms with van der Waals surface area (Å²) in [4.78, 5) is 12.4. The number of para-hydroxylation sites is 1. The third-order valence-electron chi connectivity index (χ3n) is 3.36. The number of nitrogens with zero attached hydrogens (tertiary/aromatic N) is 2. The Hall–Kier alpha value is -2.56. The highest BCUT2D eigenvalue weighted by Crippen LogP contribution is 2.19. The first kappa shape index (κ1) is 16.3. The number of benzene rings is 2. The maximum Gasteiger partial charge on any atom is 0.273 e. The van der Waals surface area contributed by atoms with E-state index in [0.717, 1.165) is 5.69 Å². The normalized spacial score (nSPS) is 10.9. The van der Waals surface area contributed by atoms with Crippen molar-refractivity contribution in [3.8, 4) is 5.69 Å². The maximum absolute atomic E-state index is 12.4. The van der Waals surface area contributed by atoms with E-state index in [1.807, 2.05) is 47.3 Å². The highest BCUT2D eigenvalue weighted by Gasteiger charge is 2.11. The van der Waals surface area contributed by atoms with Crippen LogP contribution in [0.5, 0.6) is 0 Å². The highest BCUT2D eigenvalue weighted by atomic mass is 35.5. The molecule has 1 aromatic heterocycles. The van der Waals surface area contributed by atoms with Gasteiger partial charge in [0.1, 0.15) is 0 Å². The minimum Gasteiger partial charge on any atom is -0.323 e. The number of nitrogens with one attached hydrogen (secondary N) is 1. The summed E-state index contributed by atoms with van der Waals surface area (Å²) in [6.07, 6.45) is 5.24. The number of carbonyl (C=O) groups is 1. The van der Waals surface area contributed by atoms with Crippen LogP contribution in [0.4, 0.5) is 0 Å². The zero-order valence-corrected chi connectivity index (χ0v) is 14.0. The third kappa shape index (κ3) is 3.67. The van der Waals surface area contributed by atoms with Crippen LogP contribution in [-0.2, 0) is 0 Å². The van der Waals surface area contributed by atoms with Gasteiger partial charge in [-0.15, -0.1) is 0 Å². The molecule has 0 aliphatic carbocycles. The fraction of sp³-hybridized carbons (Fsp3) is 0. The van der Waals surface area contributed by atoms with Gasteiger partial charge in [0.2, 0.25) is 0 Å². The standard InChI is InChI=1S/C18H13Cl2N3O/c19-14-8-7-13(16(20)11-14)12-21-22-18(24)15-5-1-2-6-17(15)23-9-3-4-10-23/h1-12H,(H,22,24)/b21-12-. The molecule has 0 saturated carbocycles. The molecule has 3 aromatic rings. The van der Waals surface area contributed by atoms with Gasteiger partial charge in [0, 0.05) is 23.0 Å². The van der Waals surface area contributed by atoms with E-state index < -0.39 is 0 Å². The predicted molar refractivity (Wildman–Crippen MR) is 97.3 cm³/mol. The van der Waals surface area contributed by atoms with Crippen molar-refractivity contribution in [1.29, 1.82) is 0 Å². The summed E-state index contributed by atoms with van der Waals surface area (Å²) in [5.41, 5.74) is 4.48. The van der Waals surface area contributed by atoms with Crippen LogP contribution in [0.2, 0.25) is 10.0 Å². The second-order valence-corrected chi connectivity index (χ2v) is 5.82. The number of hydrazone groups is 1. The molecule has 1 amide bonds. The molecular formula is C18H13Cl2N3O. The van der Waals surface area contributed by atoms with Crippen LogP contribution < -0.4 is 5.43 Å². The average Bonchev–Trinajstić information content (AvgIpc) is 3.11. The lowest BCUT2D eigenvalue weighted by molar-refractivity contribution is 0.0955. The Morgan fingerprint density at radius 1 is 1.04 bits per heavy atom. The molecule has 0 spiro atoms. The third-order valence-corrected chi connectivity index (χ3v) is 3.93. The summed E-state index contributed by atoms with van der Waals surface area (Å²) in [6, 6.07) is 16.2. The quantitative estimate of drug-likeness (QED) is 0.540. The van der Waals surface area contributed by atoms with E-state index in [-0.39, 0.29) is 5.91 Å². The molecule has 0 bridgehead atoms. The van der Waals surface area contributed by atoms with Crippen LogP contribution in [-0.4, -0.2) is 16.7 Å². The number of halogens is 2. The molecule has 0 fully saturated rings. The molecule has 1 heterocycles. The first-order valence-electron chi connectivity index (χ1n) is 7.16. The van der Waals surface area contributed by atoms with Gasteiger partial charge >= 0.3 is 0 Å². The molecule has 0 radical (unpaired) electrons. The summed E-state index contributed by atoms with van der Waals surface area (Å²) in [5.74, 6) is -0.305. The van der Waals surface area contributed by atoms with Crippen molar-refractivity contribution >= 4 is 35.3 Å². The van der Waals surface area contributed by atoms with E-state index in [9.17, 15) is 4.79 Å². The molecular weight excluding hydrogens is 345 g/mol. The van der Waals surface area contributed by atoms with Crippen LogP contribution in [0.1, 0.15) is 15.9 Å². The predicted octanol–water partition coefficient (Wildman–Crippen LogP) is 4.55. The van der Waals surface area contributed by atoms with Crippen LogP contribution >= 0.6 is 23.2 Å². The van der Waals surface area contributed by atoms with E-state index in [0.29, 0.717) is 21.2 Å². The zero-order valence-electron chi connectivity index (χ0n) is 12.5. The fourth-order valence-electron chi connectivity index (χ4n) is 2.21. The maximum atomic E-state index is 12.4. The number of rotatable bonds is 4. The van der Waals surface area contributed by atoms with Gasteiger partial charge in [0.25, 0.3) is 5.91 Å². The molecule has 4 nitrogen and oxygen atoms in total. The van der Waals surface area contributed by atoms with E-state index in [4.69, 9.17) is 23.2 Å². The van der Waals surface area contributed by atoms with Crippen LogP contribution in [0, 0.1) is 0 Å². The van der Waals surface area contributed by atoms with Crippen LogP contribution in [0.3, 0.4) is 0 Å². The smallest absolute Gasteiger partial charge is 0.273 e. The Morgan fingerprint density at radius 3 is 2.54 bits per heavy atom. The summed E-state index contributed by atoms with van der Waals surface area (Å²) < 4.78 is 1.87. The average molecular weight is 358 g/mol.